The summed E-state index contributed by atoms with van der Waals surface area (Å²) in [7, 11) is -3.04. The molecule has 5 N–H and O–H groups in total. The van der Waals surface area contributed by atoms with Gasteiger partial charge in [-0.25, -0.2) is 9.97 Å². The van der Waals surface area contributed by atoms with Gasteiger partial charge in [0, 0.05) is 41.2 Å². The Morgan fingerprint density at radius 2 is 1.92 bits per heavy atom. The molecule has 0 aliphatic heterocycles. The van der Waals surface area contributed by atoms with Crippen molar-refractivity contribution in [2.24, 2.45) is 5.73 Å². The van der Waals surface area contributed by atoms with Crippen molar-refractivity contribution in [3.63, 3.8) is 0 Å². The number of carbonyl (C=O) groups excluding carboxylic acids is 1. The maximum absolute atomic E-state index is 14.0. The summed E-state index contributed by atoms with van der Waals surface area (Å²) in [6, 6.07) is 3.20. The van der Waals surface area contributed by atoms with E-state index in [-0.39, 0.29) is 28.8 Å². The van der Waals surface area contributed by atoms with Crippen LogP contribution in [0.25, 0.3) is 22.2 Å². The minimum absolute atomic E-state index is 0.111. The Morgan fingerprint density at radius 1 is 1.18 bits per heavy atom. The number of unbranched alkanes of at least 4 members (excludes halogenated alkanes) is 1. The third-order valence-electron chi connectivity index (χ3n) is 6.82. The van der Waals surface area contributed by atoms with E-state index in [1.165, 1.54) is 25.6 Å². The number of anilines is 1. The average molecular weight is 551 g/mol. The first-order chi connectivity index (χ1) is 18.0. The van der Waals surface area contributed by atoms with E-state index < -0.39 is 24.8 Å². The number of rotatable bonds is 9. The second kappa shape index (κ2) is 11.5. The second-order valence-electron chi connectivity index (χ2n) is 10.1. The molecule has 3 aromatic rings. The summed E-state index contributed by atoms with van der Waals surface area (Å²) in [5.41, 5.74) is 5.05. The molecule has 2 heterocycles. The van der Waals surface area contributed by atoms with Crippen molar-refractivity contribution in [1.29, 1.82) is 0 Å². The highest BCUT2D eigenvalue weighted by atomic mass is 31.2. The molecule has 0 saturated heterocycles. The van der Waals surface area contributed by atoms with Gasteiger partial charge in [0.1, 0.15) is 12.7 Å². The van der Waals surface area contributed by atoms with Crippen LogP contribution in [0, 0.1) is 0 Å². The van der Waals surface area contributed by atoms with Crippen LogP contribution in [0.1, 0.15) is 60.9 Å². The zero-order valence-corrected chi connectivity index (χ0v) is 22.5. The Balaban J connectivity index is 1.79. The Bertz CT molecular complexity index is 1340. The fourth-order valence-corrected chi connectivity index (χ4v) is 6.46. The van der Waals surface area contributed by atoms with Gasteiger partial charge in [-0.2, -0.15) is 13.2 Å². The van der Waals surface area contributed by atoms with Crippen molar-refractivity contribution in [3.8, 4) is 11.3 Å². The maximum Gasteiger partial charge on any atom is 0.419 e. The van der Waals surface area contributed by atoms with E-state index in [0.29, 0.717) is 35.7 Å². The highest BCUT2D eigenvalue weighted by molar-refractivity contribution is 7.70. The van der Waals surface area contributed by atoms with Gasteiger partial charge < -0.3 is 25.9 Å². The second-order valence-corrected chi connectivity index (χ2v) is 13.3. The van der Waals surface area contributed by atoms with Gasteiger partial charge in [0.25, 0.3) is 5.91 Å². The van der Waals surface area contributed by atoms with E-state index in [9.17, 15) is 22.5 Å². The number of nitrogens with two attached hydrogens (primary N) is 1. The number of fused-ring (bicyclic) bond motifs is 1. The predicted octanol–water partition coefficient (Wildman–Crippen LogP) is 5.11. The van der Waals surface area contributed by atoms with Gasteiger partial charge in [0.15, 0.2) is 0 Å². The van der Waals surface area contributed by atoms with Crippen molar-refractivity contribution in [3.05, 3.63) is 35.7 Å². The number of hydrogen-bond acceptors (Lipinski definition) is 6. The van der Waals surface area contributed by atoms with E-state index in [1.54, 1.807) is 6.07 Å². The third-order valence-corrected chi connectivity index (χ3v) is 8.36. The van der Waals surface area contributed by atoms with E-state index in [4.69, 9.17) is 5.73 Å². The van der Waals surface area contributed by atoms with Crippen molar-refractivity contribution in [2.75, 3.05) is 31.7 Å². The maximum atomic E-state index is 14.0. The first-order valence-electron chi connectivity index (χ1n) is 12.9. The zero-order valence-electron chi connectivity index (χ0n) is 21.6. The van der Waals surface area contributed by atoms with Gasteiger partial charge in [0.05, 0.1) is 16.8 Å². The number of alkyl halides is 3. The molecular formula is C26H34F3N6O2P. The number of benzene rings is 1. The molecule has 1 aliphatic rings. The average Bonchev–Trinajstić information content (AvgIpc) is 3.29. The number of aromatic nitrogens is 3. The van der Waals surface area contributed by atoms with Crippen LogP contribution in [0.3, 0.4) is 0 Å². The monoisotopic (exact) mass is 550 g/mol. The predicted molar refractivity (Wildman–Crippen MR) is 145 cm³/mol. The van der Waals surface area contributed by atoms with Crippen molar-refractivity contribution >= 4 is 35.2 Å². The third kappa shape index (κ3) is 6.21. The van der Waals surface area contributed by atoms with Crippen LogP contribution in [-0.4, -0.2) is 53.3 Å². The van der Waals surface area contributed by atoms with Gasteiger partial charge in [-0.3, -0.25) is 4.79 Å². The van der Waals surface area contributed by atoms with E-state index in [2.05, 4.69) is 25.6 Å². The SMILES string of the molecule is CP(C)(=O)c1c(C(=O)NCCCCN)ccc2c(-c3nc(NC4CCCCC4)ncc3C(F)(F)F)c[nH]c12. The highest BCUT2D eigenvalue weighted by Crippen LogP contribution is 2.43. The molecule has 0 radical (unpaired) electrons. The van der Waals surface area contributed by atoms with Crippen LogP contribution in [0.15, 0.2) is 24.5 Å². The molecule has 2 aromatic heterocycles. The number of aromatic amines is 1. The van der Waals surface area contributed by atoms with Crippen LogP contribution < -0.4 is 21.7 Å². The number of amides is 1. The molecular weight excluding hydrogens is 516 g/mol. The lowest BCUT2D eigenvalue weighted by Gasteiger charge is -2.23. The van der Waals surface area contributed by atoms with Crippen molar-refractivity contribution in [2.45, 2.75) is 57.2 Å². The lowest BCUT2D eigenvalue weighted by molar-refractivity contribution is -0.137. The first kappa shape index (κ1) is 28.1. The fourth-order valence-electron chi connectivity index (χ4n) is 4.98. The largest absolute Gasteiger partial charge is 0.419 e. The molecule has 1 saturated carbocycles. The minimum atomic E-state index is -4.68. The Kier molecular flexibility index (Phi) is 8.47. The summed E-state index contributed by atoms with van der Waals surface area (Å²) in [5, 5.41) is 6.70. The van der Waals surface area contributed by atoms with Gasteiger partial charge in [-0.15, -0.1) is 0 Å². The number of nitrogens with zero attached hydrogens (tertiary/aromatic N) is 2. The van der Waals surface area contributed by atoms with Gasteiger partial charge in [0.2, 0.25) is 5.95 Å². The summed E-state index contributed by atoms with van der Waals surface area (Å²) < 4.78 is 55.4. The zero-order chi connectivity index (χ0) is 27.5. The minimum Gasteiger partial charge on any atom is -0.360 e. The number of halogens is 3. The number of nitrogens with one attached hydrogen (secondary N) is 3. The molecule has 206 valence electrons. The van der Waals surface area contributed by atoms with Crippen LogP contribution in [-0.2, 0) is 10.7 Å². The topological polar surface area (TPSA) is 126 Å². The molecule has 0 spiro atoms. The van der Waals surface area contributed by atoms with E-state index >= 15 is 0 Å². The Morgan fingerprint density at radius 3 is 2.58 bits per heavy atom. The van der Waals surface area contributed by atoms with E-state index in [0.717, 1.165) is 44.7 Å². The quantitative estimate of drug-likeness (QED) is 0.217. The molecule has 12 heteroatoms. The first-order valence-corrected chi connectivity index (χ1v) is 15.5. The molecule has 1 aliphatic carbocycles. The van der Waals surface area contributed by atoms with Crippen LogP contribution in [0.5, 0.6) is 0 Å². The summed E-state index contributed by atoms with van der Waals surface area (Å²) >= 11 is 0. The summed E-state index contributed by atoms with van der Waals surface area (Å²) in [5.74, 6) is -0.254. The molecule has 1 aromatic carbocycles. The van der Waals surface area contributed by atoms with Gasteiger partial charge >= 0.3 is 6.18 Å². The number of H-pyrrole nitrogens is 1. The van der Waals surface area contributed by atoms with Crippen LogP contribution in [0.2, 0.25) is 0 Å². The Labute approximate surface area is 219 Å². The van der Waals surface area contributed by atoms with Crippen LogP contribution >= 0.6 is 7.14 Å². The van der Waals surface area contributed by atoms with Crippen LogP contribution in [0.4, 0.5) is 19.1 Å². The standard InChI is InChI=1S/C26H34F3N6O2P/c1-38(2,37)23-18(24(36)31-13-7-6-12-30)11-10-17-19(14-32-22(17)23)21-20(26(27,28)29)15-33-25(35-21)34-16-8-4-3-5-9-16/h10-11,14-16,32H,3-9,12-13,30H2,1-2H3,(H,31,36)(H,33,34,35). The normalized spacial score (nSPS) is 15.1. The smallest absolute Gasteiger partial charge is 0.360 e. The summed E-state index contributed by atoms with van der Waals surface area (Å²) in [6.07, 6.45) is 4.07. The molecule has 1 fully saturated rings. The Hall–Kier alpha value is -2.91. The van der Waals surface area contributed by atoms with Gasteiger partial charge in [-0.05, 0) is 51.6 Å². The summed E-state index contributed by atoms with van der Waals surface area (Å²) in [6.45, 7) is 3.99. The lowest BCUT2D eigenvalue weighted by atomic mass is 9.96. The molecule has 0 atom stereocenters. The van der Waals surface area contributed by atoms with Gasteiger partial charge in [-0.1, -0.05) is 25.3 Å². The molecule has 4 rings (SSSR count). The van der Waals surface area contributed by atoms with Crippen molar-refractivity contribution in [1.82, 2.24) is 20.3 Å². The van der Waals surface area contributed by atoms with E-state index in [1.807, 2.05) is 0 Å². The number of carbonyl (C=O) groups is 1. The fraction of sp³-hybridized carbons (Fsp3) is 0.500. The molecule has 0 unspecified atom stereocenters. The van der Waals surface area contributed by atoms with Crippen molar-refractivity contribution < 1.29 is 22.5 Å². The highest BCUT2D eigenvalue weighted by Gasteiger charge is 2.37. The molecule has 1 amide bonds. The molecule has 0 bridgehead atoms. The molecule has 38 heavy (non-hydrogen) atoms. The number of hydrogen-bond donors (Lipinski definition) is 4. The summed E-state index contributed by atoms with van der Waals surface area (Å²) in [4.78, 5) is 24.2. The lowest BCUT2D eigenvalue weighted by Crippen LogP contribution is -2.29. The molecule has 8 nitrogen and oxygen atoms in total.